The van der Waals surface area contributed by atoms with Crippen LogP contribution in [0.3, 0.4) is 0 Å². The Morgan fingerprint density at radius 1 is 0.650 bits per heavy atom. The predicted octanol–water partition coefficient (Wildman–Crippen LogP) is 11.1. The molecule has 6 rings (SSSR count). The minimum absolute atomic E-state index is 0.221. The van der Waals surface area contributed by atoms with Gasteiger partial charge in [0, 0.05) is 22.4 Å². The molecule has 5 aromatic carbocycles. The molecule has 0 saturated heterocycles. The van der Waals surface area contributed by atoms with Gasteiger partial charge in [-0.1, -0.05) is 66.7 Å². The third-order valence-electron chi connectivity index (χ3n) is 6.21. The Hall–Kier alpha value is -4.00. The van der Waals surface area contributed by atoms with Gasteiger partial charge < -0.3 is 9.88 Å². The van der Waals surface area contributed by atoms with Crippen LogP contribution in [0.15, 0.2) is 137 Å². The molecule has 0 aliphatic heterocycles. The minimum atomic E-state index is -0.239. The van der Waals surface area contributed by atoms with Crippen molar-refractivity contribution in [3.05, 3.63) is 154 Å². The van der Waals surface area contributed by atoms with E-state index in [0.717, 1.165) is 42.8 Å². The second-order valence-corrected chi connectivity index (χ2v) is 11.7. The van der Waals surface area contributed by atoms with Crippen molar-refractivity contribution in [1.82, 2.24) is 4.57 Å². The molecule has 2 nitrogen and oxygen atoms in total. The molecular weight excluding hydrogens is 634 g/mol. The lowest BCUT2D eigenvalue weighted by molar-refractivity contribution is 0.627. The van der Waals surface area contributed by atoms with Gasteiger partial charge in [-0.25, -0.2) is 8.78 Å². The summed E-state index contributed by atoms with van der Waals surface area (Å²) in [4.78, 5) is 0. The Morgan fingerprint density at radius 2 is 1.25 bits per heavy atom. The number of aromatic nitrogens is 1. The highest BCUT2D eigenvalue weighted by molar-refractivity contribution is 9.28. The lowest BCUT2D eigenvalue weighted by Gasteiger charge is -2.11. The summed E-state index contributed by atoms with van der Waals surface area (Å²) in [5.74, 6) is -0.460. The molecule has 0 aliphatic carbocycles. The highest BCUT2D eigenvalue weighted by atomic mass is 79.9. The summed E-state index contributed by atoms with van der Waals surface area (Å²) < 4.78 is 29.1. The average Bonchev–Trinajstić information content (AvgIpc) is 3.36. The first-order valence-corrected chi connectivity index (χ1v) is 14.1. The normalized spacial score (nSPS) is 10.5. The van der Waals surface area contributed by atoms with Gasteiger partial charge in [0.25, 0.3) is 0 Å². The Morgan fingerprint density at radius 3 is 1.95 bits per heavy atom. The standard InChI is InChI=1S/C20H14FN.C14H10Br2FN/c21-17-10-12-18(13-11-17)22-19-9-5-4-8-16(19)14-20(22)15-6-2-1-3-7-15;15-14(16)9-10-3-1-2-4-13(10)18-12-7-5-11(17)6-8-12/h1-14H;1-9,18H. The van der Waals surface area contributed by atoms with Gasteiger partial charge in [0.05, 0.1) is 14.6 Å². The van der Waals surface area contributed by atoms with Gasteiger partial charge in [-0.15, -0.1) is 0 Å². The van der Waals surface area contributed by atoms with Crippen molar-refractivity contribution in [3.63, 3.8) is 0 Å². The molecule has 1 aromatic heterocycles. The fourth-order valence-corrected chi connectivity index (χ4v) is 4.88. The largest absolute Gasteiger partial charge is 0.355 e. The Kier molecular flexibility index (Phi) is 8.89. The minimum Gasteiger partial charge on any atom is -0.355 e. The molecule has 0 aliphatic rings. The van der Waals surface area contributed by atoms with Gasteiger partial charge in [0.2, 0.25) is 0 Å². The number of rotatable bonds is 5. The number of anilines is 2. The van der Waals surface area contributed by atoms with Crippen molar-refractivity contribution in [2.24, 2.45) is 0 Å². The first-order valence-electron chi connectivity index (χ1n) is 12.5. The number of nitrogens with zero attached hydrogens (tertiary/aromatic N) is 1. The van der Waals surface area contributed by atoms with E-state index < -0.39 is 0 Å². The number of nitrogens with one attached hydrogen (secondary N) is 1. The summed E-state index contributed by atoms with van der Waals surface area (Å²) in [6, 6.07) is 41.5. The summed E-state index contributed by atoms with van der Waals surface area (Å²) in [6.45, 7) is 0. The van der Waals surface area contributed by atoms with Crippen molar-refractivity contribution < 1.29 is 8.78 Å². The molecule has 40 heavy (non-hydrogen) atoms. The van der Waals surface area contributed by atoms with Crippen LogP contribution in [0.5, 0.6) is 0 Å². The molecule has 6 heteroatoms. The topological polar surface area (TPSA) is 17.0 Å². The molecule has 0 unspecified atom stereocenters. The zero-order chi connectivity index (χ0) is 27.9. The van der Waals surface area contributed by atoms with E-state index in [1.54, 1.807) is 12.1 Å². The van der Waals surface area contributed by atoms with Crippen LogP contribution in [0.4, 0.5) is 20.2 Å². The Bertz CT molecular complexity index is 1740. The summed E-state index contributed by atoms with van der Waals surface area (Å²) in [7, 11) is 0. The Labute approximate surface area is 248 Å². The van der Waals surface area contributed by atoms with Gasteiger partial charge in [0.1, 0.15) is 11.6 Å². The second kappa shape index (κ2) is 12.9. The fraction of sp³-hybridized carbons (Fsp3) is 0. The van der Waals surface area contributed by atoms with E-state index >= 15 is 0 Å². The summed E-state index contributed by atoms with van der Waals surface area (Å²) >= 11 is 6.68. The number of para-hydroxylation sites is 2. The summed E-state index contributed by atoms with van der Waals surface area (Å²) in [5.41, 5.74) is 7.17. The third-order valence-corrected chi connectivity index (χ3v) is 6.67. The van der Waals surface area contributed by atoms with Crippen LogP contribution in [-0.4, -0.2) is 4.57 Å². The van der Waals surface area contributed by atoms with Crippen molar-refractivity contribution in [2.75, 3.05) is 5.32 Å². The van der Waals surface area contributed by atoms with Crippen LogP contribution in [0.1, 0.15) is 5.56 Å². The lowest BCUT2D eigenvalue weighted by Crippen LogP contribution is -1.96. The number of hydrogen-bond acceptors (Lipinski definition) is 1. The van der Waals surface area contributed by atoms with E-state index in [4.69, 9.17) is 0 Å². The lowest BCUT2D eigenvalue weighted by atomic mass is 10.1. The molecule has 0 bridgehead atoms. The SMILES string of the molecule is Fc1ccc(-n2c(-c3ccccc3)cc3ccccc32)cc1.Fc1ccc(Nc2ccccc2C=C(Br)Br)cc1. The maximum atomic E-state index is 13.3. The molecule has 198 valence electrons. The second-order valence-electron chi connectivity index (χ2n) is 8.92. The van der Waals surface area contributed by atoms with Gasteiger partial charge >= 0.3 is 0 Å². The van der Waals surface area contributed by atoms with Crippen LogP contribution in [0.2, 0.25) is 0 Å². The smallest absolute Gasteiger partial charge is 0.123 e. The monoisotopic (exact) mass is 656 g/mol. The number of halogens is 4. The van der Waals surface area contributed by atoms with Gasteiger partial charge in [-0.2, -0.15) is 0 Å². The number of hydrogen-bond donors (Lipinski definition) is 1. The van der Waals surface area contributed by atoms with E-state index in [0.29, 0.717) is 0 Å². The number of fused-ring (bicyclic) bond motifs is 1. The van der Waals surface area contributed by atoms with Crippen LogP contribution in [-0.2, 0) is 0 Å². The maximum absolute atomic E-state index is 13.3. The predicted molar refractivity (Wildman–Crippen MR) is 171 cm³/mol. The first-order chi connectivity index (χ1) is 19.5. The highest BCUT2D eigenvalue weighted by Crippen LogP contribution is 2.31. The van der Waals surface area contributed by atoms with Gasteiger partial charge in [0.15, 0.2) is 0 Å². The van der Waals surface area contributed by atoms with E-state index in [9.17, 15) is 8.78 Å². The summed E-state index contributed by atoms with van der Waals surface area (Å²) in [6.07, 6.45) is 1.95. The third kappa shape index (κ3) is 6.76. The quantitative estimate of drug-likeness (QED) is 0.195. The van der Waals surface area contributed by atoms with E-state index in [-0.39, 0.29) is 11.6 Å². The fourth-order valence-electron chi connectivity index (χ4n) is 4.39. The van der Waals surface area contributed by atoms with Crippen molar-refractivity contribution in [3.8, 4) is 16.9 Å². The average molecular weight is 658 g/mol. The molecule has 0 radical (unpaired) electrons. The molecule has 0 fully saturated rings. The maximum Gasteiger partial charge on any atom is 0.123 e. The molecule has 0 atom stereocenters. The van der Waals surface area contributed by atoms with Crippen molar-refractivity contribution >= 4 is 60.2 Å². The zero-order valence-electron chi connectivity index (χ0n) is 21.2. The summed E-state index contributed by atoms with van der Waals surface area (Å²) in [5, 5.41) is 4.42. The molecule has 0 spiro atoms. The first kappa shape index (κ1) is 27.6. The van der Waals surface area contributed by atoms with Gasteiger partial charge in [-0.05, 0) is 116 Å². The van der Waals surface area contributed by atoms with Crippen molar-refractivity contribution in [2.45, 2.75) is 0 Å². The zero-order valence-corrected chi connectivity index (χ0v) is 24.4. The van der Waals surface area contributed by atoms with Crippen LogP contribution < -0.4 is 5.32 Å². The molecule has 1 N–H and O–H groups in total. The Balaban J connectivity index is 0.000000165. The molecular formula is C34H24Br2F2N2. The highest BCUT2D eigenvalue weighted by Gasteiger charge is 2.12. The van der Waals surface area contributed by atoms with E-state index in [1.165, 1.54) is 29.7 Å². The van der Waals surface area contributed by atoms with E-state index in [2.05, 4.69) is 72.1 Å². The molecule has 0 amide bonds. The van der Waals surface area contributed by atoms with Crippen LogP contribution >= 0.6 is 31.9 Å². The molecule has 0 saturated carbocycles. The van der Waals surface area contributed by atoms with Crippen molar-refractivity contribution in [1.29, 1.82) is 0 Å². The van der Waals surface area contributed by atoms with E-state index in [1.807, 2.05) is 72.8 Å². The number of benzene rings is 5. The molecule has 1 heterocycles. The van der Waals surface area contributed by atoms with Crippen LogP contribution in [0, 0.1) is 11.6 Å². The van der Waals surface area contributed by atoms with Gasteiger partial charge in [-0.3, -0.25) is 0 Å². The molecule has 6 aromatic rings. The van der Waals surface area contributed by atoms with Crippen LogP contribution in [0.25, 0.3) is 33.9 Å².